The highest BCUT2D eigenvalue weighted by molar-refractivity contribution is 9.10. The molecule has 4 rings (SSSR count). The monoisotopic (exact) mass is 427 g/mol. The largest absolute Gasteiger partial charge is 0.346 e. The lowest BCUT2D eigenvalue weighted by atomic mass is 9.71. The van der Waals surface area contributed by atoms with Crippen LogP contribution in [-0.2, 0) is 21.7 Å². The number of carbonyl (C=O) groups excluding carboxylic acids is 2. The van der Waals surface area contributed by atoms with Gasteiger partial charge in [0.2, 0.25) is 11.8 Å². The van der Waals surface area contributed by atoms with Gasteiger partial charge in [-0.1, -0.05) is 34.1 Å². The standard InChI is InChI=1S/C21H22BrN3O2/c22-17-7-5-16(6-8-17)21(9-3-10-21)24-20(27)15-12-19(26)25(13-15)14-18-4-1-2-11-23-18/h1-2,4-8,11,15H,3,9-10,12-14H2,(H,24,27)/t15-/m1/s1. The van der Waals surface area contributed by atoms with Crippen LogP contribution in [0.5, 0.6) is 0 Å². The molecule has 0 spiro atoms. The molecule has 27 heavy (non-hydrogen) atoms. The second kappa shape index (κ2) is 7.43. The average molecular weight is 428 g/mol. The molecule has 1 atom stereocenters. The highest BCUT2D eigenvalue weighted by Crippen LogP contribution is 2.42. The van der Waals surface area contributed by atoms with Crippen LogP contribution < -0.4 is 5.32 Å². The minimum Gasteiger partial charge on any atom is -0.346 e. The van der Waals surface area contributed by atoms with E-state index in [4.69, 9.17) is 0 Å². The van der Waals surface area contributed by atoms with Crippen LogP contribution in [0.25, 0.3) is 0 Å². The molecule has 2 amide bonds. The molecular formula is C21H22BrN3O2. The molecule has 6 heteroatoms. The molecular weight excluding hydrogens is 406 g/mol. The van der Waals surface area contributed by atoms with E-state index in [0.29, 0.717) is 13.1 Å². The summed E-state index contributed by atoms with van der Waals surface area (Å²) >= 11 is 3.46. The summed E-state index contributed by atoms with van der Waals surface area (Å²) in [6.07, 6.45) is 4.98. The fourth-order valence-corrected chi connectivity index (χ4v) is 4.18. The molecule has 0 radical (unpaired) electrons. The maximum Gasteiger partial charge on any atom is 0.226 e. The van der Waals surface area contributed by atoms with E-state index in [2.05, 4.69) is 38.4 Å². The number of halogens is 1. The molecule has 140 valence electrons. The molecule has 1 aromatic carbocycles. The van der Waals surface area contributed by atoms with Gasteiger partial charge in [0.05, 0.1) is 23.7 Å². The zero-order chi connectivity index (χ0) is 18.9. The number of likely N-dealkylation sites (tertiary alicyclic amines) is 1. The van der Waals surface area contributed by atoms with Crippen LogP contribution >= 0.6 is 15.9 Å². The molecule has 5 nitrogen and oxygen atoms in total. The van der Waals surface area contributed by atoms with E-state index >= 15 is 0 Å². The fraction of sp³-hybridized carbons (Fsp3) is 0.381. The molecule has 2 fully saturated rings. The first kappa shape index (κ1) is 18.2. The highest BCUT2D eigenvalue weighted by Gasteiger charge is 2.43. The van der Waals surface area contributed by atoms with Crippen molar-refractivity contribution >= 4 is 27.7 Å². The van der Waals surface area contributed by atoms with Crippen LogP contribution in [-0.4, -0.2) is 28.2 Å². The molecule has 1 saturated carbocycles. The van der Waals surface area contributed by atoms with Crippen LogP contribution in [0.3, 0.4) is 0 Å². The number of hydrogen-bond acceptors (Lipinski definition) is 3. The zero-order valence-electron chi connectivity index (χ0n) is 15.0. The third-order valence-electron chi connectivity index (χ3n) is 5.63. The molecule has 1 aliphatic carbocycles. The van der Waals surface area contributed by atoms with Crippen LogP contribution in [0, 0.1) is 5.92 Å². The number of benzene rings is 1. The predicted octanol–water partition coefficient (Wildman–Crippen LogP) is 3.39. The number of nitrogens with zero attached hydrogens (tertiary/aromatic N) is 2. The van der Waals surface area contributed by atoms with Gasteiger partial charge in [-0.05, 0) is 49.1 Å². The van der Waals surface area contributed by atoms with Gasteiger partial charge in [0.1, 0.15) is 0 Å². The summed E-state index contributed by atoms with van der Waals surface area (Å²) in [6, 6.07) is 13.8. The lowest BCUT2D eigenvalue weighted by Gasteiger charge is -2.43. The summed E-state index contributed by atoms with van der Waals surface area (Å²) in [6.45, 7) is 0.916. The van der Waals surface area contributed by atoms with Crippen molar-refractivity contribution in [2.24, 2.45) is 5.92 Å². The van der Waals surface area contributed by atoms with E-state index in [-0.39, 0.29) is 29.7 Å². The van der Waals surface area contributed by atoms with E-state index in [1.165, 1.54) is 0 Å². The number of aromatic nitrogens is 1. The number of carbonyl (C=O) groups is 2. The average Bonchev–Trinajstić information content (AvgIpc) is 3.00. The Labute approximate surface area is 167 Å². The van der Waals surface area contributed by atoms with Crippen molar-refractivity contribution in [3.05, 3.63) is 64.4 Å². The Morgan fingerprint density at radius 3 is 2.63 bits per heavy atom. The molecule has 1 saturated heterocycles. The van der Waals surface area contributed by atoms with Crippen molar-refractivity contribution in [3.63, 3.8) is 0 Å². The summed E-state index contributed by atoms with van der Waals surface area (Å²) < 4.78 is 1.03. The van der Waals surface area contributed by atoms with Gasteiger partial charge in [-0.2, -0.15) is 0 Å². The SMILES string of the molecule is O=C(NC1(c2ccc(Br)cc2)CCC1)[C@@H]1CC(=O)N(Cc2ccccn2)C1. The van der Waals surface area contributed by atoms with Gasteiger partial charge in [0.15, 0.2) is 0 Å². The van der Waals surface area contributed by atoms with Crippen molar-refractivity contribution in [2.45, 2.75) is 37.8 Å². The zero-order valence-corrected chi connectivity index (χ0v) is 16.6. The van der Waals surface area contributed by atoms with Crippen molar-refractivity contribution in [1.82, 2.24) is 15.2 Å². The molecule has 1 N–H and O–H groups in total. The van der Waals surface area contributed by atoms with E-state index in [1.54, 1.807) is 11.1 Å². The maximum atomic E-state index is 12.9. The third-order valence-corrected chi connectivity index (χ3v) is 6.16. The molecule has 1 aliphatic heterocycles. The summed E-state index contributed by atoms with van der Waals surface area (Å²) in [7, 11) is 0. The van der Waals surface area contributed by atoms with E-state index in [0.717, 1.165) is 35.0 Å². The second-order valence-corrected chi connectivity index (χ2v) is 8.34. The Morgan fingerprint density at radius 2 is 2.00 bits per heavy atom. The molecule has 2 aromatic rings. The Morgan fingerprint density at radius 1 is 1.22 bits per heavy atom. The van der Waals surface area contributed by atoms with Crippen LogP contribution in [0.2, 0.25) is 0 Å². The quantitative estimate of drug-likeness (QED) is 0.795. The lowest BCUT2D eigenvalue weighted by molar-refractivity contribution is -0.130. The number of hydrogen-bond donors (Lipinski definition) is 1. The Kier molecular flexibility index (Phi) is 5.00. The van der Waals surface area contributed by atoms with Gasteiger partial charge in [0.25, 0.3) is 0 Å². The number of amides is 2. The van der Waals surface area contributed by atoms with Gasteiger partial charge >= 0.3 is 0 Å². The first-order valence-corrected chi connectivity index (χ1v) is 10.1. The lowest BCUT2D eigenvalue weighted by Crippen LogP contribution is -2.52. The normalized spacial score (nSPS) is 21.0. The highest BCUT2D eigenvalue weighted by atomic mass is 79.9. The molecule has 0 unspecified atom stereocenters. The first-order chi connectivity index (χ1) is 13.1. The Hall–Kier alpha value is -2.21. The first-order valence-electron chi connectivity index (χ1n) is 9.31. The number of nitrogens with one attached hydrogen (secondary N) is 1. The predicted molar refractivity (Wildman–Crippen MR) is 106 cm³/mol. The topological polar surface area (TPSA) is 62.3 Å². The molecule has 1 aromatic heterocycles. The third kappa shape index (κ3) is 3.76. The smallest absolute Gasteiger partial charge is 0.226 e. The molecule has 2 heterocycles. The summed E-state index contributed by atoms with van der Waals surface area (Å²) in [5, 5.41) is 3.26. The summed E-state index contributed by atoms with van der Waals surface area (Å²) in [5.74, 6) is -0.296. The van der Waals surface area contributed by atoms with E-state index < -0.39 is 0 Å². The van der Waals surface area contributed by atoms with Crippen LogP contribution in [0.1, 0.15) is 36.9 Å². The summed E-state index contributed by atoms with van der Waals surface area (Å²) in [4.78, 5) is 31.3. The number of pyridine rings is 1. The van der Waals surface area contributed by atoms with Gasteiger partial charge in [-0.15, -0.1) is 0 Å². The van der Waals surface area contributed by atoms with Gasteiger partial charge < -0.3 is 10.2 Å². The number of rotatable bonds is 5. The Bertz CT molecular complexity index is 834. The van der Waals surface area contributed by atoms with Crippen LogP contribution in [0.4, 0.5) is 0 Å². The maximum absolute atomic E-state index is 12.9. The fourth-order valence-electron chi connectivity index (χ4n) is 3.91. The minimum atomic E-state index is -0.297. The van der Waals surface area contributed by atoms with E-state index in [1.807, 2.05) is 30.3 Å². The van der Waals surface area contributed by atoms with Crippen LogP contribution in [0.15, 0.2) is 53.1 Å². The van der Waals surface area contributed by atoms with Gasteiger partial charge in [-0.25, -0.2) is 0 Å². The Balaban J connectivity index is 1.42. The van der Waals surface area contributed by atoms with E-state index in [9.17, 15) is 9.59 Å². The minimum absolute atomic E-state index is 0.0190. The van der Waals surface area contributed by atoms with Crippen molar-refractivity contribution in [1.29, 1.82) is 0 Å². The second-order valence-electron chi connectivity index (χ2n) is 7.43. The molecule has 2 aliphatic rings. The van der Waals surface area contributed by atoms with Crippen molar-refractivity contribution in [3.8, 4) is 0 Å². The summed E-state index contributed by atoms with van der Waals surface area (Å²) in [5.41, 5.74) is 1.70. The van der Waals surface area contributed by atoms with Crippen molar-refractivity contribution in [2.75, 3.05) is 6.54 Å². The van der Waals surface area contributed by atoms with Gasteiger partial charge in [0, 0.05) is 23.6 Å². The van der Waals surface area contributed by atoms with Crippen molar-refractivity contribution < 1.29 is 9.59 Å². The molecule has 0 bridgehead atoms. The van der Waals surface area contributed by atoms with Gasteiger partial charge in [-0.3, -0.25) is 14.6 Å².